The second-order valence-electron chi connectivity index (χ2n) is 3.85. The minimum Gasteiger partial charge on any atom is -0.346 e. The zero-order chi connectivity index (χ0) is 11.9. The number of anilines is 1. The largest absolute Gasteiger partial charge is 0.346 e. The van der Waals surface area contributed by atoms with Gasteiger partial charge in [-0.05, 0) is 36.7 Å². The van der Waals surface area contributed by atoms with Crippen LogP contribution in [0, 0.1) is 0 Å². The Morgan fingerprint density at radius 2 is 2.18 bits per heavy atom. The molecule has 17 heavy (non-hydrogen) atoms. The molecule has 0 aliphatic carbocycles. The van der Waals surface area contributed by atoms with Crippen LogP contribution in [0.1, 0.15) is 12.0 Å². The first-order valence-electron chi connectivity index (χ1n) is 5.78. The lowest BCUT2D eigenvalue weighted by molar-refractivity contribution is 0.698. The van der Waals surface area contributed by atoms with Gasteiger partial charge in [-0.25, -0.2) is 0 Å². The number of hydrogen-bond donors (Lipinski definition) is 2. The zero-order valence-electron chi connectivity index (χ0n) is 9.62. The first kappa shape index (κ1) is 12.3. The molecule has 1 heterocycles. The maximum atomic E-state index is 4.29. The summed E-state index contributed by atoms with van der Waals surface area (Å²) in [5.41, 5.74) is 2.26. The van der Waals surface area contributed by atoms with Crippen LogP contribution >= 0.6 is 15.9 Å². The van der Waals surface area contributed by atoms with Gasteiger partial charge in [0, 0.05) is 16.7 Å². The summed E-state index contributed by atoms with van der Waals surface area (Å²) in [5, 5.41) is 6.55. The maximum absolute atomic E-state index is 4.29. The average molecular weight is 294 g/mol. The predicted octanol–water partition coefficient (Wildman–Crippen LogP) is 2.90. The molecule has 1 aliphatic rings. The van der Waals surface area contributed by atoms with Crippen molar-refractivity contribution in [1.82, 2.24) is 5.32 Å². The molecule has 1 aliphatic heterocycles. The third-order valence-electron chi connectivity index (χ3n) is 2.53. The van der Waals surface area contributed by atoms with Crippen molar-refractivity contribution in [2.24, 2.45) is 4.99 Å². The van der Waals surface area contributed by atoms with Crippen LogP contribution in [0.4, 0.5) is 5.69 Å². The van der Waals surface area contributed by atoms with Crippen molar-refractivity contribution in [2.45, 2.75) is 6.42 Å². The Kier molecular flexibility index (Phi) is 4.76. The minimum atomic E-state index is 0.808. The quantitative estimate of drug-likeness (QED) is 0.772. The summed E-state index contributed by atoms with van der Waals surface area (Å²) in [7, 11) is 0. The standard InChI is InChI=1S/C13H16BrN3/c14-12-4-5-13-11(9-12)3-1-2-6-15-7-8-16-10-17-13/h1,3-5,9-10,15H,2,6-8H2,(H,16,17)/b3-1-. The summed E-state index contributed by atoms with van der Waals surface area (Å²) in [6.07, 6.45) is 7.14. The highest BCUT2D eigenvalue weighted by Gasteiger charge is 1.99. The van der Waals surface area contributed by atoms with E-state index in [1.807, 2.05) is 6.07 Å². The van der Waals surface area contributed by atoms with Crippen LogP contribution in [0.15, 0.2) is 33.7 Å². The summed E-state index contributed by atoms with van der Waals surface area (Å²) in [6.45, 7) is 2.74. The number of aliphatic imine (C=N–C) groups is 1. The van der Waals surface area contributed by atoms with Crippen molar-refractivity contribution >= 4 is 34.0 Å². The molecule has 2 rings (SSSR count). The number of nitrogens with zero attached hydrogens (tertiary/aromatic N) is 1. The minimum absolute atomic E-state index is 0.808. The summed E-state index contributed by atoms with van der Waals surface area (Å²) >= 11 is 3.49. The Bertz CT molecular complexity index is 427. The van der Waals surface area contributed by atoms with E-state index in [1.165, 1.54) is 5.56 Å². The van der Waals surface area contributed by atoms with E-state index in [4.69, 9.17) is 0 Å². The highest BCUT2D eigenvalue weighted by Crippen LogP contribution is 2.22. The molecule has 0 aromatic heterocycles. The van der Waals surface area contributed by atoms with Gasteiger partial charge in [0.25, 0.3) is 0 Å². The monoisotopic (exact) mass is 293 g/mol. The number of halogens is 1. The Labute approximate surface area is 110 Å². The highest BCUT2D eigenvalue weighted by atomic mass is 79.9. The molecule has 2 N–H and O–H groups in total. The third kappa shape index (κ3) is 3.98. The Hall–Kier alpha value is -1.13. The van der Waals surface area contributed by atoms with Crippen LogP contribution in [0.2, 0.25) is 0 Å². The Balaban J connectivity index is 2.22. The number of nitrogens with one attached hydrogen (secondary N) is 2. The fraction of sp³-hybridized carbons (Fsp3) is 0.308. The van der Waals surface area contributed by atoms with Crippen molar-refractivity contribution in [3.05, 3.63) is 34.3 Å². The first-order chi connectivity index (χ1) is 8.36. The van der Waals surface area contributed by atoms with E-state index in [-0.39, 0.29) is 0 Å². The first-order valence-corrected chi connectivity index (χ1v) is 6.57. The van der Waals surface area contributed by atoms with Crippen LogP contribution in [0.25, 0.3) is 6.08 Å². The maximum Gasteiger partial charge on any atom is 0.0868 e. The Morgan fingerprint density at radius 1 is 1.24 bits per heavy atom. The smallest absolute Gasteiger partial charge is 0.0868 e. The van der Waals surface area contributed by atoms with E-state index in [1.54, 1.807) is 6.34 Å². The molecule has 0 bridgehead atoms. The van der Waals surface area contributed by atoms with Gasteiger partial charge in [0.2, 0.25) is 0 Å². The van der Waals surface area contributed by atoms with Gasteiger partial charge in [0.1, 0.15) is 0 Å². The normalized spacial score (nSPS) is 18.4. The van der Waals surface area contributed by atoms with Crippen molar-refractivity contribution in [3.63, 3.8) is 0 Å². The van der Waals surface area contributed by atoms with Gasteiger partial charge in [0.15, 0.2) is 0 Å². The molecular weight excluding hydrogens is 278 g/mol. The van der Waals surface area contributed by atoms with E-state index in [0.717, 1.165) is 36.2 Å². The molecule has 0 spiro atoms. The van der Waals surface area contributed by atoms with Gasteiger partial charge in [0.05, 0.1) is 12.9 Å². The molecule has 0 saturated heterocycles. The Morgan fingerprint density at radius 3 is 3.12 bits per heavy atom. The molecule has 0 radical (unpaired) electrons. The van der Waals surface area contributed by atoms with Crippen molar-refractivity contribution in [2.75, 3.05) is 25.0 Å². The molecular formula is C13H16BrN3. The molecule has 0 fully saturated rings. The van der Waals surface area contributed by atoms with Gasteiger partial charge in [-0.3, -0.25) is 4.99 Å². The van der Waals surface area contributed by atoms with Crippen LogP contribution in [-0.2, 0) is 0 Å². The van der Waals surface area contributed by atoms with Gasteiger partial charge in [-0.15, -0.1) is 0 Å². The van der Waals surface area contributed by atoms with Crippen molar-refractivity contribution in [1.29, 1.82) is 0 Å². The van der Waals surface area contributed by atoms with E-state index in [2.05, 4.69) is 55.8 Å². The van der Waals surface area contributed by atoms with Crippen molar-refractivity contribution in [3.8, 4) is 0 Å². The van der Waals surface area contributed by atoms with Gasteiger partial charge < -0.3 is 10.6 Å². The average Bonchev–Trinajstić information content (AvgIpc) is 2.31. The third-order valence-corrected chi connectivity index (χ3v) is 3.02. The molecule has 3 nitrogen and oxygen atoms in total. The van der Waals surface area contributed by atoms with Crippen LogP contribution in [-0.4, -0.2) is 26.0 Å². The molecule has 90 valence electrons. The molecule has 0 amide bonds. The summed E-state index contributed by atoms with van der Waals surface area (Å²) in [5.74, 6) is 0. The molecule has 0 atom stereocenters. The summed E-state index contributed by atoms with van der Waals surface area (Å²) in [6, 6.07) is 6.19. The SMILES string of the molecule is Brc1ccc2c(c1)/C=C\CCNCCN=CN2. The second-order valence-corrected chi connectivity index (χ2v) is 4.77. The number of benzene rings is 1. The molecule has 1 aromatic carbocycles. The van der Waals surface area contributed by atoms with Gasteiger partial charge in [-0.1, -0.05) is 28.1 Å². The topological polar surface area (TPSA) is 36.4 Å². The lowest BCUT2D eigenvalue weighted by atomic mass is 10.1. The number of hydrogen-bond acceptors (Lipinski definition) is 3. The van der Waals surface area contributed by atoms with Crippen LogP contribution in [0.5, 0.6) is 0 Å². The summed E-state index contributed by atoms with van der Waals surface area (Å²) < 4.78 is 1.09. The molecule has 4 heteroatoms. The lowest BCUT2D eigenvalue weighted by Gasteiger charge is -2.07. The van der Waals surface area contributed by atoms with Crippen LogP contribution in [0.3, 0.4) is 0 Å². The molecule has 1 aromatic rings. The summed E-state index contributed by atoms with van der Waals surface area (Å²) in [4.78, 5) is 4.29. The predicted molar refractivity (Wildman–Crippen MR) is 77.6 cm³/mol. The van der Waals surface area contributed by atoms with E-state index < -0.39 is 0 Å². The van der Waals surface area contributed by atoms with E-state index >= 15 is 0 Å². The second kappa shape index (κ2) is 6.57. The van der Waals surface area contributed by atoms with Gasteiger partial charge >= 0.3 is 0 Å². The number of rotatable bonds is 0. The number of fused-ring (bicyclic) bond motifs is 1. The van der Waals surface area contributed by atoms with Crippen molar-refractivity contribution < 1.29 is 0 Å². The highest BCUT2D eigenvalue weighted by molar-refractivity contribution is 9.10. The lowest BCUT2D eigenvalue weighted by Crippen LogP contribution is -2.18. The zero-order valence-corrected chi connectivity index (χ0v) is 11.2. The van der Waals surface area contributed by atoms with Gasteiger partial charge in [-0.2, -0.15) is 0 Å². The fourth-order valence-electron chi connectivity index (χ4n) is 1.65. The van der Waals surface area contributed by atoms with E-state index in [0.29, 0.717) is 0 Å². The molecule has 0 saturated carbocycles. The van der Waals surface area contributed by atoms with E-state index in [9.17, 15) is 0 Å². The fourth-order valence-corrected chi connectivity index (χ4v) is 2.03. The molecule has 0 unspecified atom stereocenters. The van der Waals surface area contributed by atoms with Crippen LogP contribution < -0.4 is 10.6 Å².